The van der Waals surface area contributed by atoms with Crippen molar-refractivity contribution in [1.29, 1.82) is 0 Å². The van der Waals surface area contributed by atoms with Crippen molar-refractivity contribution >= 4 is 39.8 Å². The third-order valence-corrected chi connectivity index (χ3v) is 7.46. The molecule has 2 fully saturated rings. The molecule has 0 aromatic carbocycles. The predicted molar refractivity (Wildman–Crippen MR) is 89.9 cm³/mol. The molecule has 1 aromatic rings. The van der Waals surface area contributed by atoms with Gasteiger partial charge >= 0.3 is 0 Å². The minimum atomic E-state index is -0.115. The molecule has 8 heteroatoms. The number of nitrogens with zero attached hydrogens (tertiary/aromatic N) is 3. The molecular formula is C14H21N5OS2. The first-order valence-electron chi connectivity index (χ1n) is 7.40. The van der Waals surface area contributed by atoms with Crippen molar-refractivity contribution in [3.05, 3.63) is 0 Å². The molecule has 2 bridgehead atoms. The van der Waals surface area contributed by atoms with Crippen LogP contribution in [0.25, 0.3) is 0 Å². The summed E-state index contributed by atoms with van der Waals surface area (Å²) in [6.45, 7) is 6.93. The van der Waals surface area contributed by atoms with Crippen molar-refractivity contribution in [2.45, 2.75) is 44.4 Å². The van der Waals surface area contributed by atoms with Crippen LogP contribution in [0.2, 0.25) is 0 Å². The van der Waals surface area contributed by atoms with E-state index < -0.39 is 0 Å². The van der Waals surface area contributed by atoms with Crippen LogP contribution in [0.3, 0.4) is 0 Å². The number of nitrogens with one attached hydrogen (secondary N) is 1. The Morgan fingerprint density at radius 3 is 2.82 bits per heavy atom. The number of amides is 1. The third-order valence-electron chi connectivity index (χ3n) is 5.58. The predicted octanol–water partition coefficient (Wildman–Crippen LogP) is 2.53. The lowest BCUT2D eigenvalue weighted by Gasteiger charge is -2.34. The Morgan fingerprint density at radius 1 is 1.50 bits per heavy atom. The molecule has 0 aliphatic heterocycles. The van der Waals surface area contributed by atoms with Crippen LogP contribution < -0.4 is 11.2 Å². The second kappa shape index (κ2) is 5.49. The molecule has 2 aliphatic rings. The molecule has 1 aromatic heterocycles. The first kappa shape index (κ1) is 15.7. The summed E-state index contributed by atoms with van der Waals surface area (Å²) >= 11 is 2.61. The monoisotopic (exact) mass is 339 g/mol. The number of aromatic nitrogens is 2. The normalized spacial score (nSPS) is 30.9. The summed E-state index contributed by atoms with van der Waals surface area (Å²) in [5.41, 5.74) is 9.75. The molecule has 1 amide bonds. The highest BCUT2D eigenvalue weighted by Crippen LogP contribution is 2.63. The lowest BCUT2D eigenvalue weighted by molar-refractivity contribution is -0.118. The second-order valence-electron chi connectivity index (χ2n) is 6.78. The summed E-state index contributed by atoms with van der Waals surface area (Å²) in [5.74, 6) is 0.844. The van der Waals surface area contributed by atoms with Gasteiger partial charge in [0, 0.05) is 11.1 Å². The van der Waals surface area contributed by atoms with Crippen molar-refractivity contribution in [2.24, 2.45) is 21.8 Å². The molecule has 2 saturated carbocycles. The van der Waals surface area contributed by atoms with Crippen LogP contribution in [-0.4, -0.2) is 27.6 Å². The van der Waals surface area contributed by atoms with Gasteiger partial charge in [-0.25, -0.2) is 5.43 Å². The van der Waals surface area contributed by atoms with Gasteiger partial charge in [-0.3, -0.25) is 4.79 Å². The zero-order valence-electron chi connectivity index (χ0n) is 13.0. The number of hydrogen-bond donors (Lipinski definition) is 2. The van der Waals surface area contributed by atoms with E-state index in [0.717, 1.165) is 18.6 Å². The Bertz CT molecular complexity index is 627. The van der Waals surface area contributed by atoms with Crippen LogP contribution in [0.4, 0.5) is 5.13 Å². The van der Waals surface area contributed by atoms with Gasteiger partial charge in [-0.15, -0.1) is 10.2 Å². The number of nitrogen functional groups attached to an aromatic ring is 1. The third kappa shape index (κ3) is 2.52. The molecule has 0 radical (unpaired) electrons. The average molecular weight is 339 g/mol. The van der Waals surface area contributed by atoms with Crippen LogP contribution in [0, 0.1) is 16.7 Å². The van der Waals surface area contributed by atoms with Gasteiger partial charge in [0.2, 0.25) is 5.13 Å². The van der Waals surface area contributed by atoms with E-state index in [1.807, 2.05) is 0 Å². The lowest BCUT2D eigenvalue weighted by Crippen LogP contribution is -2.34. The molecule has 120 valence electrons. The van der Waals surface area contributed by atoms with Crippen molar-refractivity contribution in [3.8, 4) is 0 Å². The number of carbonyl (C=O) groups is 1. The summed E-state index contributed by atoms with van der Waals surface area (Å²) in [6, 6.07) is 0. The first-order valence-corrected chi connectivity index (χ1v) is 9.21. The van der Waals surface area contributed by atoms with E-state index in [1.54, 1.807) is 0 Å². The Labute approximate surface area is 138 Å². The van der Waals surface area contributed by atoms with Crippen LogP contribution in [0.5, 0.6) is 0 Å². The van der Waals surface area contributed by atoms with E-state index in [9.17, 15) is 4.79 Å². The average Bonchev–Trinajstić information content (AvgIpc) is 3.03. The Kier molecular flexibility index (Phi) is 3.92. The molecule has 0 spiro atoms. The topological polar surface area (TPSA) is 93.3 Å². The number of thioether (sulfide) groups is 1. The largest absolute Gasteiger partial charge is 0.374 e. The smallest absolute Gasteiger partial charge is 0.250 e. The summed E-state index contributed by atoms with van der Waals surface area (Å²) < 4.78 is 0.702. The fraction of sp³-hybridized carbons (Fsp3) is 0.714. The van der Waals surface area contributed by atoms with E-state index in [-0.39, 0.29) is 22.5 Å². The van der Waals surface area contributed by atoms with E-state index in [4.69, 9.17) is 5.73 Å². The Morgan fingerprint density at radius 2 is 2.27 bits per heavy atom. The SMILES string of the molecule is CC1(C)[C@H]2CC[C@@]1(C)/C(=N/NC(=O)CSc1nnc(N)s1)C2. The molecule has 2 atom stereocenters. The molecule has 0 saturated heterocycles. The summed E-state index contributed by atoms with van der Waals surface area (Å²) in [7, 11) is 0. The van der Waals surface area contributed by atoms with Gasteiger partial charge in [0.25, 0.3) is 5.91 Å². The number of hydrazone groups is 1. The molecule has 0 unspecified atom stereocenters. The van der Waals surface area contributed by atoms with Gasteiger partial charge < -0.3 is 5.73 Å². The highest BCUT2D eigenvalue weighted by atomic mass is 32.2. The van der Waals surface area contributed by atoms with Gasteiger partial charge in [-0.05, 0) is 30.6 Å². The van der Waals surface area contributed by atoms with Crippen molar-refractivity contribution in [2.75, 3.05) is 11.5 Å². The lowest BCUT2D eigenvalue weighted by atomic mass is 9.70. The van der Waals surface area contributed by atoms with Crippen LogP contribution in [0.15, 0.2) is 9.44 Å². The zero-order chi connectivity index (χ0) is 16.0. The molecule has 3 rings (SSSR count). The number of carbonyl (C=O) groups excluding carboxylic acids is 1. The molecular weight excluding hydrogens is 318 g/mol. The molecule has 6 nitrogen and oxygen atoms in total. The summed E-state index contributed by atoms with van der Waals surface area (Å²) in [5, 5.41) is 12.5. The maximum Gasteiger partial charge on any atom is 0.250 e. The Hall–Kier alpha value is -1.15. The summed E-state index contributed by atoms with van der Waals surface area (Å²) in [4.78, 5) is 11.9. The van der Waals surface area contributed by atoms with Gasteiger partial charge in [0.15, 0.2) is 4.34 Å². The van der Waals surface area contributed by atoms with Crippen molar-refractivity contribution in [1.82, 2.24) is 15.6 Å². The maximum absolute atomic E-state index is 11.9. The molecule has 3 N–H and O–H groups in total. The number of nitrogens with two attached hydrogens (primary N) is 1. The van der Waals surface area contributed by atoms with E-state index >= 15 is 0 Å². The molecule has 22 heavy (non-hydrogen) atoms. The number of hydrogen-bond acceptors (Lipinski definition) is 7. The maximum atomic E-state index is 11.9. The minimum Gasteiger partial charge on any atom is -0.374 e. The van der Waals surface area contributed by atoms with Gasteiger partial charge in [0.1, 0.15) is 0 Å². The number of anilines is 1. The first-order chi connectivity index (χ1) is 10.3. The highest BCUT2D eigenvalue weighted by Gasteiger charge is 2.59. The van der Waals surface area contributed by atoms with Crippen LogP contribution in [-0.2, 0) is 4.79 Å². The summed E-state index contributed by atoms with van der Waals surface area (Å²) in [6.07, 6.45) is 3.44. The standard InChI is InChI=1S/C14H21N5OS2/c1-13(2)8-4-5-14(13,3)9(6-8)16-17-10(20)7-21-12-19-18-11(15)22-12/h8H,4-7H2,1-3H3,(H2,15,18)(H,17,20)/b16-9+/t8-,14-/m0/s1. The van der Waals surface area contributed by atoms with Crippen molar-refractivity contribution < 1.29 is 4.79 Å². The van der Waals surface area contributed by atoms with Gasteiger partial charge in [-0.2, -0.15) is 5.10 Å². The molecule has 1 heterocycles. The van der Waals surface area contributed by atoms with Gasteiger partial charge in [0.05, 0.1) is 5.75 Å². The van der Waals surface area contributed by atoms with Crippen LogP contribution in [0.1, 0.15) is 40.0 Å². The van der Waals surface area contributed by atoms with E-state index in [1.165, 1.54) is 29.5 Å². The quantitative estimate of drug-likeness (QED) is 0.649. The second-order valence-corrected chi connectivity index (χ2v) is 9.01. The number of rotatable bonds is 4. The fourth-order valence-electron chi connectivity index (χ4n) is 3.67. The molecule has 2 aliphatic carbocycles. The van der Waals surface area contributed by atoms with Crippen molar-refractivity contribution in [3.63, 3.8) is 0 Å². The minimum absolute atomic E-state index is 0.115. The van der Waals surface area contributed by atoms with E-state index in [2.05, 4.69) is 41.5 Å². The van der Waals surface area contributed by atoms with E-state index in [0.29, 0.717) is 15.4 Å². The Balaban J connectivity index is 1.57. The highest BCUT2D eigenvalue weighted by molar-refractivity contribution is 8.01. The van der Waals surface area contributed by atoms with Crippen LogP contribution >= 0.6 is 23.1 Å². The van der Waals surface area contributed by atoms with Gasteiger partial charge in [-0.1, -0.05) is 43.9 Å². The number of fused-ring (bicyclic) bond motifs is 2. The zero-order valence-corrected chi connectivity index (χ0v) is 14.7. The fourth-order valence-corrected chi connectivity index (χ4v) is 5.09.